The molecule has 3 rings (SSSR count). The Labute approximate surface area is 180 Å². The van der Waals surface area contributed by atoms with Crippen LogP contribution in [0.5, 0.6) is 0 Å². The number of aryl methyl sites for hydroxylation is 2. The normalized spacial score (nSPS) is 11.6. The highest BCUT2D eigenvalue weighted by Gasteiger charge is 2.19. The summed E-state index contributed by atoms with van der Waals surface area (Å²) in [6.07, 6.45) is 3.25. The summed E-state index contributed by atoms with van der Waals surface area (Å²) in [5.74, 6) is -0.861. The Hall–Kier alpha value is -3.52. The zero-order chi connectivity index (χ0) is 22.6. The van der Waals surface area contributed by atoms with Crippen LogP contribution in [0.2, 0.25) is 0 Å². The number of aliphatic imine (C=N–C) groups is 1. The number of halogens is 1. The van der Waals surface area contributed by atoms with Gasteiger partial charge in [-0.1, -0.05) is 18.2 Å². The zero-order valence-corrected chi connectivity index (χ0v) is 18.0. The van der Waals surface area contributed by atoms with Gasteiger partial charge in [0.15, 0.2) is 0 Å². The molecule has 0 radical (unpaired) electrons. The van der Waals surface area contributed by atoms with E-state index < -0.39 is 15.7 Å². The van der Waals surface area contributed by atoms with Gasteiger partial charge in [-0.05, 0) is 73.7 Å². The van der Waals surface area contributed by atoms with E-state index in [9.17, 15) is 17.6 Å². The molecule has 0 aliphatic heterocycles. The molecule has 0 bridgehead atoms. The second-order valence-corrected chi connectivity index (χ2v) is 8.97. The van der Waals surface area contributed by atoms with Crippen molar-refractivity contribution in [1.82, 2.24) is 10.3 Å². The number of rotatable bonds is 7. The van der Waals surface area contributed by atoms with Gasteiger partial charge in [0.1, 0.15) is 11.5 Å². The summed E-state index contributed by atoms with van der Waals surface area (Å²) in [5, 5.41) is 2.79. The minimum absolute atomic E-state index is 0.0538. The maximum absolute atomic E-state index is 13.8. The van der Waals surface area contributed by atoms with Gasteiger partial charge in [-0.3, -0.25) is 9.79 Å². The number of H-pyrrole nitrogens is 1. The molecule has 0 atom stereocenters. The van der Waals surface area contributed by atoms with Crippen molar-refractivity contribution in [1.29, 1.82) is 0 Å². The maximum atomic E-state index is 13.8. The van der Waals surface area contributed by atoms with Gasteiger partial charge in [0.05, 0.1) is 9.79 Å². The van der Waals surface area contributed by atoms with E-state index in [4.69, 9.17) is 0 Å². The van der Waals surface area contributed by atoms with Crippen LogP contribution in [0.4, 0.5) is 4.39 Å². The predicted molar refractivity (Wildman–Crippen MR) is 118 cm³/mol. The topological polar surface area (TPSA) is 91.4 Å². The van der Waals surface area contributed by atoms with E-state index in [0.717, 1.165) is 22.9 Å². The average Bonchev–Trinajstić information content (AvgIpc) is 3.13. The molecule has 1 heterocycles. The van der Waals surface area contributed by atoms with E-state index in [1.165, 1.54) is 30.5 Å². The van der Waals surface area contributed by atoms with Crippen molar-refractivity contribution in [3.05, 3.63) is 88.6 Å². The Morgan fingerprint density at radius 1 is 1.10 bits per heavy atom. The molecule has 6 nitrogen and oxygen atoms in total. The van der Waals surface area contributed by atoms with E-state index in [1.807, 2.05) is 6.92 Å². The molecular formula is C23H22FN3O3S. The molecule has 0 saturated carbocycles. The van der Waals surface area contributed by atoms with Crippen LogP contribution >= 0.6 is 0 Å². The highest BCUT2D eigenvalue weighted by Crippen LogP contribution is 2.23. The number of carbonyl (C=O) groups excluding carboxylic acids is 1. The molecule has 0 spiro atoms. The first-order valence-corrected chi connectivity index (χ1v) is 10.9. The Morgan fingerprint density at radius 2 is 1.77 bits per heavy atom. The molecule has 0 saturated heterocycles. The summed E-state index contributed by atoms with van der Waals surface area (Å²) < 4.78 is 39.2. The molecule has 0 aliphatic rings. The Bertz CT molecular complexity index is 1260. The number of benzene rings is 2. The lowest BCUT2D eigenvalue weighted by atomic mass is 10.2. The second kappa shape index (κ2) is 9.09. The Balaban J connectivity index is 1.69. The highest BCUT2D eigenvalue weighted by atomic mass is 32.2. The fraction of sp³-hybridized carbons (Fsp3) is 0.130. The summed E-state index contributed by atoms with van der Waals surface area (Å²) in [6, 6.07) is 11.7. The van der Waals surface area contributed by atoms with Crippen LogP contribution < -0.4 is 5.32 Å². The third kappa shape index (κ3) is 4.97. The molecule has 0 fully saturated rings. The lowest BCUT2D eigenvalue weighted by Gasteiger charge is -2.08. The molecule has 3 aromatic rings. The molecule has 2 N–H and O–H groups in total. The number of sulfone groups is 1. The molecule has 2 aromatic carbocycles. The van der Waals surface area contributed by atoms with Crippen molar-refractivity contribution in [2.75, 3.05) is 0 Å². The van der Waals surface area contributed by atoms with Crippen molar-refractivity contribution >= 4 is 28.5 Å². The van der Waals surface area contributed by atoms with Gasteiger partial charge in [-0.2, -0.15) is 0 Å². The zero-order valence-electron chi connectivity index (χ0n) is 17.1. The number of nitrogens with one attached hydrogen (secondary N) is 2. The fourth-order valence-corrected chi connectivity index (χ4v) is 4.21. The third-order valence-electron chi connectivity index (χ3n) is 4.79. The monoisotopic (exact) mass is 439 g/mol. The van der Waals surface area contributed by atoms with Gasteiger partial charge < -0.3 is 10.3 Å². The summed E-state index contributed by atoms with van der Waals surface area (Å²) in [7, 11) is -3.83. The van der Waals surface area contributed by atoms with Crippen molar-refractivity contribution in [2.24, 2.45) is 4.99 Å². The van der Waals surface area contributed by atoms with Crippen LogP contribution in [-0.4, -0.2) is 26.0 Å². The van der Waals surface area contributed by atoms with Gasteiger partial charge in [0.2, 0.25) is 9.84 Å². The molecule has 0 unspecified atom stereocenters. The molecule has 1 amide bonds. The summed E-state index contributed by atoms with van der Waals surface area (Å²) in [4.78, 5) is 19.0. The van der Waals surface area contributed by atoms with E-state index in [0.29, 0.717) is 11.3 Å². The van der Waals surface area contributed by atoms with Crippen molar-refractivity contribution in [3.63, 3.8) is 0 Å². The fourth-order valence-electron chi connectivity index (χ4n) is 2.94. The van der Waals surface area contributed by atoms with Crippen LogP contribution in [0.3, 0.4) is 0 Å². The molecule has 160 valence electrons. The maximum Gasteiger partial charge on any atom is 0.267 e. The van der Waals surface area contributed by atoms with Gasteiger partial charge in [0, 0.05) is 18.4 Å². The predicted octanol–water partition coefficient (Wildman–Crippen LogP) is 4.20. The molecular weight excluding hydrogens is 417 g/mol. The third-order valence-corrected chi connectivity index (χ3v) is 6.55. The largest absolute Gasteiger partial charge is 0.351 e. The van der Waals surface area contributed by atoms with Gasteiger partial charge in [0.25, 0.3) is 5.91 Å². The first-order valence-electron chi connectivity index (χ1n) is 9.42. The standard InChI is InChI=1S/C23H22FN3O3S/c1-15-4-7-19(13-20(15)24)31(29,30)18-8-5-17(6-9-18)14-26-23(28)22-12-16(2)21(27-22)10-11-25-3/h4-13,27H,3,14H2,1-2H3,(H,26,28)/b11-10-. The Kier molecular flexibility index (Phi) is 6.50. The van der Waals surface area contributed by atoms with Gasteiger partial charge in [-0.15, -0.1) is 0 Å². The molecule has 1 aromatic heterocycles. The van der Waals surface area contributed by atoms with Crippen molar-refractivity contribution < 1.29 is 17.6 Å². The van der Waals surface area contributed by atoms with Crippen molar-refractivity contribution in [3.8, 4) is 0 Å². The quantitative estimate of drug-likeness (QED) is 0.541. The first kappa shape index (κ1) is 22.2. The highest BCUT2D eigenvalue weighted by molar-refractivity contribution is 7.91. The smallest absolute Gasteiger partial charge is 0.267 e. The Morgan fingerprint density at radius 3 is 2.42 bits per heavy atom. The minimum atomic E-state index is -3.83. The minimum Gasteiger partial charge on any atom is -0.351 e. The average molecular weight is 440 g/mol. The van der Waals surface area contributed by atoms with Crippen LogP contribution in [0.25, 0.3) is 6.08 Å². The van der Waals surface area contributed by atoms with Gasteiger partial charge in [-0.25, -0.2) is 12.8 Å². The van der Waals surface area contributed by atoms with Crippen LogP contribution in [-0.2, 0) is 16.4 Å². The molecule has 0 aliphatic carbocycles. The van der Waals surface area contributed by atoms with E-state index in [2.05, 4.69) is 22.0 Å². The summed E-state index contributed by atoms with van der Waals surface area (Å²) in [6.45, 7) is 7.03. The summed E-state index contributed by atoms with van der Waals surface area (Å²) >= 11 is 0. The number of nitrogens with zero attached hydrogens (tertiary/aromatic N) is 1. The van der Waals surface area contributed by atoms with E-state index >= 15 is 0 Å². The second-order valence-electron chi connectivity index (χ2n) is 7.02. The lowest BCUT2D eigenvalue weighted by molar-refractivity contribution is 0.0946. The van der Waals surface area contributed by atoms with Gasteiger partial charge >= 0.3 is 0 Å². The molecule has 8 heteroatoms. The number of aromatic amines is 1. The molecule has 31 heavy (non-hydrogen) atoms. The summed E-state index contributed by atoms with van der Waals surface area (Å²) in [5.41, 5.74) is 3.16. The van der Waals surface area contributed by atoms with Crippen molar-refractivity contribution in [2.45, 2.75) is 30.2 Å². The number of amides is 1. The van der Waals surface area contributed by atoms with E-state index in [-0.39, 0.29) is 22.2 Å². The van der Waals surface area contributed by atoms with E-state index in [1.54, 1.807) is 31.2 Å². The first-order chi connectivity index (χ1) is 14.7. The number of aromatic nitrogens is 1. The number of carbonyl (C=O) groups is 1. The van der Waals surface area contributed by atoms with Crippen LogP contribution in [0.1, 0.15) is 32.9 Å². The lowest BCUT2D eigenvalue weighted by Crippen LogP contribution is -2.23. The number of hydrogen-bond acceptors (Lipinski definition) is 4. The number of hydrogen-bond donors (Lipinski definition) is 2. The van der Waals surface area contributed by atoms with Crippen LogP contribution in [0.15, 0.2) is 69.5 Å². The van der Waals surface area contributed by atoms with Crippen LogP contribution in [0, 0.1) is 19.7 Å². The SMILES string of the molecule is C=N/C=C\c1[nH]c(C(=O)NCc2ccc(S(=O)(=O)c3ccc(C)c(F)c3)cc2)cc1C.